The van der Waals surface area contributed by atoms with Gasteiger partial charge in [-0.05, 0) is 0 Å². The van der Waals surface area contributed by atoms with E-state index in [0.717, 1.165) is 9.34 Å². The Morgan fingerprint density at radius 2 is 1.50 bits per heavy atom. The van der Waals surface area contributed by atoms with Crippen molar-refractivity contribution < 1.29 is 4.79 Å². The Morgan fingerprint density at radius 1 is 1.20 bits per heavy atom. The summed E-state index contributed by atoms with van der Waals surface area (Å²) in [6.07, 6.45) is 0. The van der Waals surface area contributed by atoms with Crippen LogP contribution in [0, 0.1) is 0 Å². The predicted octanol–water partition coefficient (Wildman–Crippen LogP) is 2.83. The van der Waals surface area contributed by atoms with E-state index >= 15 is 0 Å². The van der Waals surface area contributed by atoms with Crippen LogP contribution in [0.2, 0.25) is 0 Å². The first kappa shape index (κ1) is 8.66. The van der Waals surface area contributed by atoms with Crippen molar-refractivity contribution in [3.8, 4) is 0 Å². The van der Waals surface area contributed by atoms with Gasteiger partial charge in [-0.25, -0.2) is 0 Å². The molecule has 0 aromatic carbocycles. The van der Waals surface area contributed by atoms with E-state index in [1.54, 1.807) is 0 Å². The molecule has 0 radical (unpaired) electrons. The zero-order valence-corrected chi connectivity index (χ0v) is 8.55. The first-order valence-corrected chi connectivity index (χ1v) is 7.31. The molecule has 0 spiro atoms. The van der Waals surface area contributed by atoms with Gasteiger partial charge in [0.2, 0.25) is 0 Å². The van der Waals surface area contributed by atoms with Gasteiger partial charge in [-0.2, -0.15) is 0 Å². The number of rotatable bonds is 0. The molecule has 7 heteroatoms. The maximum atomic E-state index is 10.8. The van der Waals surface area contributed by atoms with Gasteiger partial charge >= 0.3 is 72.9 Å². The Morgan fingerprint density at radius 3 is 1.60 bits per heavy atom. The molecule has 1 saturated heterocycles. The van der Waals surface area contributed by atoms with E-state index in [1.165, 1.54) is 14.1 Å². The van der Waals surface area contributed by atoms with Crippen LogP contribution in [0.25, 0.3) is 0 Å². The molecule has 0 bridgehead atoms. The molecule has 1 aliphatic heterocycles. The van der Waals surface area contributed by atoms with Gasteiger partial charge in [0.15, 0.2) is 0 Å². The SMILES string of the molecule is CN1C(=O)N(C)P1(Cl)(Cl)Cl. The first-order chi connectivity index (χ1) is 4.26. The molecule has 1 fully saturated rings. The van der Waals surface area contributed by atoms with Gasteiger partial charge < -0.3 is 0 Å². The van der Waals surface area contributed by atoms with Crippen molar-refractivity contribution >= 4 is 44.7 Å². The summed E-state index contributed by atoms with van der Waals surface area (Å²) in [6.45, 7) is 0. The van der Waals surface area contributed by atoms with Crippen LogP contribution < -0.4 is 0 Å². The molecule has 0 aliphatic carbocycles. The summed E-state index contributed by atoms with van der Waals surface area (Å²) in [5.74, 6) is 0. The van der Waals surface area contributed by atoms with Gasteiger partial charge in [0.05, 0.1) is 0 Å². The minimum atomic E-state index is -3.45. The molecule has 10 heavy (non-hydrogen) atoms. The topological polar surface area (TPSA) is 23.6 Å². The number of hydrogen-bond acceptors (Lipinski definition) is 1. The third-order valence-corrected chi connectivity index (χ3v) is 7.82. The first-order valence-electron chi connectivity index (χ1n) is 2.45. The summed E-state index contributed by atoms with van der Waals surface area (Å²) in [6, 6.07) is -0.252. The molecule has 0 N–H and O–H groups in total. The predicted molar refractivity (Wildman–Crippen MR) is 45.4 cm³/mol. The van der Waals surface area contributed by atoms with Crippen molar-refractivity contribution in [2.45, 2.75) is 0 Å². The van der Waals surface area contributed by atoms with Crippen molar-refractivity contribution in [1.29, 1.82) is 0 Å². The van der Waals surface area contributed by atoms with Gasteiger partial charge in [0, 0.05) is 0 Å². The van der Waals surface area contributed by atoms with Crippen molar-refractivity contribution in [2.24, 2.45) is 0 Å². The molecule has 0 unspecified atom stereocenters. The Kier molecular flexibility index (Phi) is 1.59. The second-order valence-corrected chi connectivity index (χ2v) is 12.1. The molecule has 60 valence electrons. The van der Waals surface area contributed by atoms with Crippen molar-refractivity contribution in [3.63, 3.8) is 0 Å². The van der Waals surface area contributed by atoms with Crippen LogP contribution in [0.4, 0.5) is 4.79 Å². The molecule has 1 heterocycles. The van der Waals surface area contributed by atoms with E-state index in [1.807, 2.05) is 0 Å². The third kappa shape index (κ3) is 0.814. The molecule has 1 aliphatic rings. The van der Waals surface area contributed by atoms with Gasteiger partial charge in [-0.3, -0.25) is 0 Å². The maximum absolute atomic E-state index is 10.8. The summed E-state index contributed by atoms with van der Waals surface area (Å²) in [7, 11) is 2.96. The molecule has 0 aromatic rings. The normalized spacial score (nSPS) is 32.5. The summed E-state index contributed by atoms with van der Waals surface area (Å²) in [5, 5.41) is 0. The molecule has 1 rings (SSSR count). The van der Waals surface area contributed by atoms with Crippen LogP contribution in [0.5, 0.6) is 0 Å². The number of amides is 2. The average Bonchev–Trinajstić information content (AvgIpc) is 1.82. The summed E-state index contributed by atoms with van der Waals surface area (Å²) in [5.41, 5.74) is 0. The Balaban J connectivity index is 2.96. The van der Waals surface area contributed by atoms with Crippen LogP contribution >= 0.6 is 38.7 Å². The second kappa shape index (κ2) is 1.84. The van der Waals surface area contributed by atoms with Crippen LogP contribution in [0.1, 0.15) is 0 Å². The molecular weight excluding hydrogens is 217 g/mol. The van der Waals surface area contributed by atoms with Crippen LogP contribution in [0.3, 0.4) is 0 Å². The summed E-state index contributed by atoms with van der Waals surface area (Å²) >= 11 is 17.2. The quantitative estimate of drug-likeness (QED) is 0.579. The fourth-order valence-corrected chi connectivity index (χ4v) is 2.89. The van der Waals surface area contributed by atoms with E-state index in [9.17, 15) is 4.79 Å². The Hall–Kier alpha value is 0.570. The number of urea groups is 1. The van der Waals surface area contributed by atoms with E-state index in [4.69, 9.17) is 33.7 Å². The van der Waals surface area contributed by atoms with Crippen LogP contribution in [0.15, 0.2) is 0 Å². The Bertz CT molecular complexity index is 184. The number of hydrogen-bond donors (Lipinski definition) is 0. The Labute approximate surface area is 73.2 Å². The molecule has 0 aromatic heterocycles. The summed E-state index contributed by atoms with van der Waals surface area (Å²) in [4.78, 5) is 7.37. The van der Waals surface area contributed by atoms with Gasteiger partial charge in [-0.15, -0.1) is 0 Å². The summed E-state index contributed by atoms with van der Waals surface area (Å²) < 4.78 is 2.33. The van der Waals surface area contributed by atoms with Crippen molar-refractivity contribution in [1.82, 2.24) is 9.34 Å². The number of carbonyl (C=O) groups excluding carboxylic acids is 1. The van der Waals surface area contributed by atoms with Gasteiger partial charge in [-0.1, -0.05) is 0 Å². The zero-order chi connectivity index (χ0) is 8.18. The molecule has 0 saturated carbocycles. The van der Waals surface area contributed by atoms with Gasteiger partial charge in [0.25, 0.3) is 0 Å². The van der Waals surface area contributed by atoms with E-state index < -0.39 is 4.96 Å². The third-order valence-electron chi connectivity index (χ3n) is 1.50. The van der Waals surface area contributed by atoms with Crippen LogP contribution in [-0.2, 0) is 0 Å². The molecule has 3 nitrogen and oxygen atoms in total. The zero-order valence-electron chi connectivity index (χ0n) is 5.38. The fourth-order valence-electron chi connectivity index (χ4n) is 0.644. The monoisotopic (exact) mass is 222 g/mol. The fraction of sp³-hybridized carbons (Fsp3) is 0.667. The van der Waals surface area contributed by atoms with Gasteiger partial charge in [0.1, 0.15) is 0 Å². The minimum absolute atomic E-state index is 0.252. The standard InChI is InChI=1S/C3H6Cl3N2OP/c1-7-3(9)8(2)10(7,4,5)6/h1-2H3. The molecule has 2 amide bonds. The van der Waals surface area contributed by atoms with E-state index in [0.29, 0.717) is 0 Å². The molecular formula is C3H6Cl3N2OP. The average molecular weight is 223 g/mol. The number of carbonyl (C=O) groups is 1. The number of nitrogens with zero attached hydrogens (tertiary/aromatic N) is 2. The molecule has 0 atom stereocenters. The van der Waals surface area contributed by atoms with Crippen LogP contribution in [-0.4, -0.2) is 29.5 Å². The van der Waals surface area contributed by atoms with Crippen molar-refractivity contribution in [2.75, 3.05) is 14.1 Å². The second-order valence-electron chi connectivity index (χ2n) is 2.06. The van der Waals surface area contributed by atoms with Crippen molar-refractivity contribution in [3.05, 3.63) is 0 Å². The van der Waals surface area contributed by atoms with E-state index in [-0.39, 0.29) is 6.03 Å². The van der Waals surface area contributed by atoms with E-state index in [2.05, 4.69) is 0 Å². The number of halogens is 3.